The highest BCUT2D eigenvalue weighted by Crippen LogP contribution is 2.11. The molecule has 2 saturated heterocycles. The molecule has 0 bridgehead atoms. The Balaban J connectivity index is 0.00000320. The molecule has 2 aliphatic rings. The molecule has 1 aromatic carbocycles. The minimum Gasteiger partial charge on any atom is -0.379 e. The molecule has 8 heteroatoms. The lowest BCUT2D eigenvalue weighted by atomic mass is 10.1. The Morgan fingerprint density at radius 1 is 1.17 bits per heavy atom. The average Bonchev–Trinajstić information content (AvgIpc) is 3.26. The van der Waals surface area contributed by atoms with Gasteiger partial charge in [0.05, 0.1) is 32.5 Å². The average molecular weight is 532 g/mol. The molecule has 30 heavy (non-hydrogen) atoms. The largest absolute Gasteiger partial charge is 0.379 e. The molecule has 1 aromatic rings. The quantitative estimate of drug-likeness (QED) is 0.209. The normalized spacial score (nSPS) is 20.0. The van der Waals surface area contributed by atoms with Crippen molar-refractivity contribution in [2.75, 3.05) is 59.2 Å². The summed E-state index contributed by atoms with van der Waals surface area (Å²) in [6.07, 6.45) is 2.25. The molecule has 7 nitrogen and oxygen atoms in total. The fraction of sp³-hybridized carbons (Fsp3) is 0.682. The molecule has 0 radical (unpaired) electrons. The second-order valence-corrected chi connectivity index (χ2v) is 7.54. The summed E-state index contributed by atoms with van der Waals surface area (Å²) in [6, 6.07) is 8.74. The third kappa shape index (κ3) is 9.47. The van der Waals surface area contributed by atoms with Crippen LogP contribution in [0.1, 0.15) is 30.9 Å². The lowest BCUT2D eigenvalue weighted by Gasteiger charge is -2.26. The van der Waals surface area contributed by atoms with Crippen molar-refractivity contribution in [2.24, 2.45) is 4.99 Å². The summed E-state index contributed by atoms with van der Waals surface area (Å²) in [6.45, 7) is 11.4. The van der Waals surface area contributed by atoms with Crippen LogP contribution in [-0.4, -0.2) is 76.2 Å². The SMILES string of the molecule is CCNC(=NCc1cccc(CN2CCOCC2)c1)NCCCOC1CCOC1.I. The molecule has 2 aliphatic heterocycles. The predicted molar refractivity (Wildman–Crippen MR) is 131 cm³/mol. The van der Waals surface area contributed by atoms with Gasteiger partial charge in [0, 0.05) is 45.9 Å². The number of hydrogen-bond donors (Lipinski definition) is 2. The van der Waals surface area contributed by atoms with Crippen LogP contribution in [0.25, 0.3) is 0 Å². The number of hydrogen-bond acceptors (Lipinski definition) is 5. The molecule has 0 aliphatic carbocycles. The highest BCUT2D eigenvalue weighted by molar-refractivity contribution is 14.0. The van der Waals surface area contributed by atoms with Crippen LogP contribution in [0.4, 0.5) is 0 Å². The van der Waals surface area contributed by atoms with Gasteiger partial charge in [0.2, 0.25) is 0 Å². The van der Waals surface area contributed by atoms with Gasteiger partial charge in [-0.15, -0.1) is 24.0 Å². The van der Waals surface area contributed by atoms with Gasteiger partial charge in [0.15, 0.2) is 5.96 Å². The van der Waals surface area contributed by atoms with E-state index in [0.29, 0.717) is 6.54 Å². The lowest BCUT2D eigenvalue weighted by Crippen LogP contribution is -2.38. The first-order chi connectivity index (χ1) is 14.3. The summed E-state index contributed by atoms with van der Waals surface area (Å²) in [5, 5.41) is 6.72. The van der Waals surface area contributed by atoms with Crippen LogP contribution in [-0.2, 0) is 27.3 Å². The second kappa shape index (κ2) is 15.0. The van der Waals surface area contributed by atoms with Crippen LogP contribution >= 0.6 is 24.0 Å². The Morgan fingerprint density at radius 2 is 2.00 bits per heavy atom. The van der Waals surface area contributed by atoms with E-state index in [4.69, 9.17) is 19.2 Å². The molecule has 3 rings (SSSR count). The predicted octanol–water partition coefficient (Wildman–Crippen LogP) is 2.39. The maximum atomic E-state index is 5.81. The summed E-state index contributed by atoms with van der Waals surface area (Å²) in [7, 11) is 0. The third-order valence-electron chi connectivity index (χ3n) is 5.12. The van der Waals surface area contributed by atoms with Crippen LogP contribution < -0.4 is 10.6 Å². The van der Waals surface area contributed by atoms with Gasteiger partial charge >= 0.3 is 0 Å². The van der Waals surface area contributed by atoms with Gasteiger partial charge in [-0.05, 0) is 30.9 Å². The van der Waals surface area contributed by atoms with Crippen molar-refractivity contribution < 1.29 is 14.2 Å². The maximum absolute atomic E-state index is 5.81. The molecular formula is C22H37IN4O3. The first-order valence-corrected chi connectivity index (χ1v) is 10.9. The number of nitrogens with zero attached hydrogens (tertiary/aromatic N) is 2. The van der Waals surface area contributed by atoms with Crippen molar-refractivity contribution in [2.45, 2.75) is 39.0 Å². The van der Waals surface area contributed by atoms with E-state index in [0.717, 1.165) is 84.6 Å². The van der Waals surface area contributed by atoms with E-state index in [1.165, 1.54) is 11.1 Å². The van der Waals surface area contributed by atoms with Gasteiger partial charge in [-0.2, -0.15) is 0 Å². The van der Waals surface area contributed by atoms with E-state index in [2.05, 4.69) is 46.7 Å². The summed E-state index contributed by atoms with van der Waals surface area (Å²) < 4.78 is 16.6. The molecule has 2 fully saturated rings. The first-order valence-electron chi connectivity index (χ1n) is 10.9. The number of morpholine rings is 1. The van der Waals surface area contributed by atoms with Crippen molar-refractivity contribution in [1.82, 2.24) is 15.5 Å². The molecule has 1 unspecified atom stereocenters. The third-order valence-corrected chi connectivity index (χ3v) is 5.12. The van der Waals surface area contributed by atoms with Crippen molar-refractivity contribution in [3.05, 3.63) is 35.4 Å². The number of guanidine groups is 1. The van der Waals surface area contributed by atoms with E-state index in [-0.39, 0.29) is 30.1 Å². The molecule has 1 atom stereocenters. The van der Waals surface area contributed by atoms with Gasteiger partial charge in [-0.3, -0.25) is 4.90 Å². The Morgan fingerprint density at radius 3 is 2.77 bits per heavy atom. The Hall–Kier alpha value is -0.940. The van der Waals surface area contributed by atoms with Gasteiger partial charge in [-0.1, -0.05) is 24.3 Å². The molecule has 0 aromatic heterocycles. The van der Waals surface area contributed by atoms with E-state index >= 15 is 0 Å². The van der Waals surface area contributed by atoms with E-state index in [9.17, 15) is 0 Å². The van der Waals surface area contributed by atoms with E-state index < -0.39 is 0 Å². The van der Waals surface area contributed by atoms with Crippen LogP contribution in [0.3, 0.4) is 0 Å². The number of ether oxygens (including phenoxy) is 3. The van der Waals surface area contributed by atoms with Crippen LogP contribution in [0, 0.1) is 0 Å². The summed E-state index contributed by atoms with van der Waals surface area (Å²) in [5.74, 6) is 0.857. The summed E-state index contributed by atoms with van der Waals surface area (Å²) in [4.78, 5) is 7.19. The van der Waals surface area contributed by atoms with Gasteiger partial charge in [0.25, 0.3) is 0 Å². The smallest absolute Gasteiger partial charge is 0.191 e. The number of halogens is 1. The fourth-order valence-electron chi connectivity index (χ4n) is 3.53. The molecular weight excluding hydrogens is 495 g/mol. The summed E-state index contributed by atoms with van der Waals surface area (Å²) in [5.41, 5.74) is 2.57. The zero-order chi connectivity index (χ0) is 20.2. The zero-order valence-electron chi connectivity index (χ0n) is 18.1. The Bertz CT molecular complexity index is 620. The number of nitrogens with one attached hydrogen (secondary N) is 2. The number of aliphatic imine (C=N–C) groups is 1. The molecule has 2 heterocycles. The lowest BCUT2D eigenvalue weighted by molar-refractivity contribution is 0.0342. The maximum Gasteiger partial charge on any atom is 0.191 e. The molecule has 2 N–H and O–H groups in total. The minimum atomic E-state index is 0. The van der Waals surface area contributed by atoms with Crippen LogP contribution in [0.2, 0.25) is 0 Å². The summed E-state index contributed by atoms with van der Waals surface area (Å²) >= 11 is 0. The molecule has 170 valence electrons. The van der Waals surface area contributed by atoms with Gasteiger partial charge in [0.1, 0.15) is 0 Å². The highest BCUT2D eigenvalue weighted by atomic mass is 127. The van der Waals surface area contributed by atoms with E-state index in [1.54, 1.807) is 0 Å². The Kier molecular flexibility index (Phi) is 12.6. The van der Waals surface area contributed by atoms with Crippen molar-refractivity contribution in [1.29, 1.82) is 0 Å². The van der Waals surface area contributed by atoms with Crippen molar-refractivity contribution in [3.63, 3.8) is 0 Å². The van der Waals surface area contributed by atoms with Gasteiger partial charge in [-0.25, -0.2) is 4.99 Å². The minimum absolute atomic E-state index is 0. The second-order valence-electron chi connectivity index (χ2n) is 7.54. The monoisotopic (exact) mass is 532 g/mol. The topological polar surface area (TPSA) is 67.4 Å². The van der Waals surface area contributed by atoms with Crippen LogP contribution in [0.15, 0.2) is 29.3 Å². The van der Waals surface area contributed by atoms with Gasteiger partial charge < -0.3 is 24.8 Å². The first kappa shape index (κ1) is 25.3. The van der Waals surface area contributed by atoms with Crippen molar-refractivity contribution >= 4 is 29.9 Å². The molecule has 0 amide bonds. The van der Waals surface area contributed by atoms with E-state index in [1.807, 2.05) is 0 Å². The number of rotatable bonds is 10. The molecule has 0 saturated carbocycles. The van der Waals surface area contributed by atoms with Crippen molar-refractivity contribution in [3.8, 4) is 0 Å². The Labute approximate surface area is 197 Å². The number of benzene rings is 1. The fourth-order valence-corrected chi connectivity index (χ4v) is 3.53. The standard InChI is InChI=1S/C22H36N4O3.HI/c1-2-23-22(24-8-4-11-29-21-7-12-28-18-21)25-16-19-5-3-6-20(15-19)17-26-9-13-27-14-10-26;/h3,5-6,15,21H,2,4,7-14,16-18H2,1H3,(H2,23,24,25);1H. The van der Waals surface area contributed by atoms with Crippen LogP contribution in [0.5, 0.6) is 0 Å². The molecule has 0 spiro atoms. The highest BCUT2D eigenvalue weighted by Gasteiger charge is 2.15. The zero-order valence-corrected chi connectivity index (χ0v) is 20.4.